The third kappa shape index (κ3) is 4.97. The predicted octanol–water partition coefficient (Wildman–Crippen LogP) is 4.87. The molecule has 0 aromatic heterocycles. The monoisotopic (exact) mass is 504 g/mol. The smallest absolute Gasteiger partial charge is 0.251 e. The summed E-state index contributed by atoms with van der Waals surface area (Å²) in [5, 5.41) is 3.52. The van der Waals surface area contributed by atoms with Gasteiger partial charge in [-0.25, -0.2) is 0 Å². The second-order valence-electron chi connectivity index (χ2n) is 9.70. The van der Waals surface area contributed by atoms with E-state index in [9.17, 15) is 9.59 Å². The summed E-state index contributed by atoms with van der Waals surface area (Å²) in [6, 6.07) is 18.9. The Bertz CT molecular complexity index is 1300. The summed E-state index contributed by atoms with van der Waals surface area (Å²) in [7, 11) is 3.93. The fourth-order valence-electron chi connectivity index (χ4n) is 4.60. The number of nitrogens with zero attached hydrogens (tertiary/aromatic N) is 1. The molecule has 0 bridgehead atoms. The molecule has 0 spiro atoms. The minimum absolute atomic E-state index is 0.105. The Labute approximate surface area is 216 Å². The Morgan fingerprint density at radius 1 is 0.972 bits per heavy atom. The van der Waals surface area contributed by atoms with Crippen LogP contribution in [0.15, 0.2) is 60.7 Å². The topological polar surface area (TPSA) is 67.9 Å². The van der Waals surface area contributed by atoms with E-state index >= 15 is 0 Å². The average Bonchev–Trinajstić information content (AvgIpc) is 3.56. The Balaban J connectivity index is 1.30. The molecular formula is C29H29ClN2O4. The molecule has 1 aliphatic carbocycles. The van der Waals surface area contributed by atoms with Crippen molar-refractivity contribution in [3.05, 3.63) is 82.4 Å². The average molecular weight is 505 g/mol. The van der Waals surface area contributed by atoms with E-state index in [4.69, 9.17) is 21.1 Å². The Morgan fingerprint density at radius 2 is 1.72 bits per heavy atom. The van der Waals surface area contributed by atoms with Crippen LogP contribution in [0.25, 0.3) is 11.1 Å². The molecule has 1 aliphatic heterocycles. The largest absolute Gasteiger partial charge is 0.454 e. The van der Waals surface area contributed by atoms with Gasteiger partial charge in [0, 0.05) is 35.7 Å². The Kier molecular flexibility index (Phi) is 6.73. The van der Waals surface area contributed by atoms with Crippen LogP contribution in [0, 0.1) is 0 Å². The molecule has 1 saturated carbocycles. The summed E-state index contributed by atoms with van der Waals surface area (Å²) in [5.41, 5.74) is 3.79. The lowest BCUT2D eigenvalue weighted by atomic mass is 9.87. The first-order valence-electron chi connectivity index (χ1n) is 12.1. The number of Topliss-reactive ketones (excluding diaryl/α,β-unsaturated/α-hetero) is 1. The van der Waals surface area contributed by atoms with Gasteiger partial charge in [0.15, 0.2) is 11.5 Å². The maximum atomic E-state index is 13.4. The molecule has 1 heterocycles. The summed E-state index contributed by atoms with van der Waals surface area (Å²) in [4.78, 5) is 27.8. The van der Waals surface area contributed by atoms with Crippen molar-refractivity contribution in [2.75, 3.05) is 34.0 Å². The molecule has 6 nitrogen and oxygen atoms in total. The third-order valence-electron chi connectivity index (χ3n) is 6.91. The zero-order valence-corrected chi connectivity index (χ0v) is 21.2. The van der Waals surface area contributed by atoms with E-state index in [1.165, 1.54) is 0 Å². The standard InChI is InChI=1S/C29H29ClN2O4/c1-32(2)14-13-31-28(34)21-6-4-20(5-7-21)23-15-19(3-9-24(23)30)16-27(33)29(11-12-29)22-8-10-25-26(17-22)36-18-35-25/h3-10,15,17H,11-14,16,18H2,1-2H3,(H,31,34). The van der Waals surface area contributed by atoms with Gasteiger partial charge in [-0.1, -0.05) is 35.9 Å². The summed E-state index contributed by atoms with van der Waals surface area (Å²) < 4.78 is 10.9. The van der Waals surface area contributed by atoms with Crippen molar-refractivity contribution in [3.63, 3.8) is 0 Å². The van der Waals surface area contributed by atoms with Crippen molar-refractivity contribution in [1.82, 2.24) is 10.2 Å². The number of amides is 1. The Hall–Kier alpha value is -3.35. The number of likely N-dealkylation sites (N-methyl/N-ethyl adjacent to an activating group) is 1. The molecule has 3 aromatic rings. The summed E-state index contributed by atoms with van der Waals surface area (Å²) in [6.07, 6.45) is 2.00. The maximum Gasteiger partial charge on any atom is 0.251 e. The lowest BCUT2D eigenvalue weighted by Gasteiger charge is -2.16. The zero-order valence-electron chi connectivity index (χ0n) is 20.5. The number of carbonyl (C=O) groups is 2. The first-order chi connectivity index (χ1) is 17.4. The zero-order chi connectivity index (χ0) is 25.3. The molecule has 0 atom stereocenters. The second-order valence-corrected chi connectivity index (χ2v) is 10.1. The number of ketones is 1. The number of fused-ring (bicyclic) bond motifs is 1. The number of rotatable bonds is 9. The number of carbonyl (C=O) groups excluding carboxylic acids is 2. The van der Waals surface area contributed by atoms with E-state index < -0.39 is 5.41 Å². The summed E-state index contributed by atoms with van der Waals surface area (Å²) in [5.74, 6) is 1.52. The maximum absolute atomic E-state index is 13.4. The van der Waals surface area contributed by atoms with E-state index in [0.717, 1.165) is 47.4 Å². The molecule has 186 valence electrons. The van der Waals surface area contributed by atoms with Crippen molar-refractivity contribution >= 4 is 23.3 Å². The molecule has 3 aromatic carbocycles. The van der Waals surface area contributed by atoms with E-state index in [2.05, 4.69) is 5.32 Å². The van der Waals surface area contributed by atoms with Gasteiger partial charge in [0.1, 0.15) is 5.78 Å². The summed E-state index contributed by atoms with van der Waals surface area (Å²) >= 11 is 6.53. The normalized spacial score (nSPS) is 15.1. The molecule has 36 heavy (non-hydrogen) atoms. The second kappa shape index (κ2) is 9.96. The quantitative estimate of drug-likeness (QED) is 0.450. The molecule has 0 unspecified atom stereocenters. The van der Waals surface area contributed by atoms with E-state index in [1.807, 2.05) is 67.5 Å². The fourth-order valence-corrected chi connectivity index (χ4v) is 4.83. The first kappa shape index (κ1) is 24.3. The van der Waals surface area contributed by atoms with Crippen LogP contribution < -0.4 is 14.8 Å². The van der Waals surface area contributed by atoms with Crippen LogP contribution >= 0.6 is 11.6 Å². The van der Waals surface area contributed by atoms with Gasteiger partial charge in [-0.05, 0) is 80.0 Å². The van der Waals surface area contributed by atoms with Crippen molar-refractivity contribution in [2.24, 2.45) is 0 Å². The van der Waals surface area contributed by atoms with E-state index in [1.54, 1.807) is 12.1 Å². The van der Waals surface area contributed by atoms with Crippen molar-refractivity contribution in [3.8, 4) is 22.6 Å². The fraction of sp³-hybridized carbons (Fsp3) is 0.310. The van der Waals surface area contributed by atoms with Crippen molar-refractivity contribution in [1.29, 1.82) is 0 Å². The number of nitrogens with one attached hydrogen (secondary N) is 1. The minimum atomic E-state index is -0.456. The molecule has 1 N–H and O–H groups in total. The number of hydrogen-bond donors (Lipinski definition) is 1. The van der Waals surface area contributed by atoms with E-state index in [-0.39, 0.29) is 18.5 Å². The molecule has 7 heteroatoms. The highest BCUT2D eigenvalue weighted by Crippen LogP contribution is 2.51. The van der Waals surface area contributed by atoms with Gasteiger partial charge in [-0.3, -0.25) is 9.59 Å². The van der Waals surface area contributed by atoms with Gasteiger partial charge < -0.3 is 19.7 Å². The van der Waals surface area contributed by atoms with Crippen LogP contribution in [0.1, 0.15) is 34.3 Å². The van der Waals surface area contributed by atoms with Gasteiger partial charge in [0.2, 0.25) is 6.79 Å². The molecule has 5 rings (SSSR count). The molecule has 0 radical (unpaired) electrons. The van der Waals surface area contributed by atoms with Gasteiger partial charge in [-0.15, -0.1) is 0 Å². The minimum Gasteiger partial charge on any atom is -0.454 e. The highest BCUT2D eigenvalue weighted by Gasteiger charge is 2.50. The van der Waals surface area contributed by atoms with E-state index in [0.29, 0.717) is 29.3 Å². The Morgan fingerprint density at radius 3 is 2.44 bits per heavy atom. The molecule has 1 fully saturated rings. The third-order valence-corrected chi connectivity index (χ3v) is 7.24. The number of benzene rings is 3. The van der Waals surface area contributed by atoms with Crippen LogP contribution in [-0.2, 0) is 16.6 Å². The first-order valence-corrected chi connectivity index (χ1v) is 12.5. The highest BCUT2D eigenvalue weighted by atomic mass is 35.5. The van der Waals surface area contributed by atoms with Crippen LogP contribution in [0.4, 0.5) is 0 Å². The lowest BCUT2D eigenvalue weighted by Crippen LogP contribution is -2.31. The van der Waals surface area contributed by atoms with Crippen LogP contribution in [0.3, 0.4) is 0 Å². The van der Waals surface area contributed by atoms with Gasteiger partial charge in [0.05, 0.1) is 5.41 Å². The molecular weight excluding hydrogens is 476 g/mol. The number of halogens is 1. The lowest BCUT2D eigenvalue weighted by molar-refractivity contribution is -0.120. The SMILES string of the molecule is CN(C)CCNC(=O)c1ccc(-c2cc(CC(=O)C3(c4ccc5c(c4)OCO5)CC3)ccc2Cl)cc1. The molecule has 0 saturated heterocycles. The number of hydrogen-bond acceptors (Lipinski definition) is 5. The van der Waals surface area contributed by atoms with Crippen LogP contribution in [0.5, 0.6) is 11.5 Å². The molecule has 1 amide bonds. The van der Waals surface area contributed by atoms with Gasteiger partial charge in [0.25, 0.3) is 5.91 Å². The molecule has 2 aliphatic rings. The van der Waals surface area contributed by atoms with Crippen molar-refractivity contribution in [2.45, 2.75) is 24.7 Å². The van der Waals surface area contributed by atoms with Gasteiger partial charge in [-0.2, -0.15) is 0 Å². The highest BCUT2D eigenvalue weighted by molar-refractivity contribution is 6.33. The van der Waals surface area contributed by atoms with Crippen molar-refractivity contribution < 1.29 is 19.1 Å². The van der Waals surface area contributed by atoms with Crippen LogP contribution in [-0.4, -0.2) is 50.6 Å². The van der Waals surface area contributed by atoms with Gasteiger partial charge >= 0.3 is 0 Å². The van der Waals surface area contributed by atoms with Crippen LogP contribution in [0.2, 0.25) is 5.02 Å². The summed E-state index contributed by atoms with van der Waals surface area (Å²) in [6.45, 7) is 1.58. The number of ether oxygens (including phenoxy) is 2. The predicted molar refractivity (Wildman–Crippen MR) is 140 cm³/mol.